The molecule has 8 heteroatoms. The van der Waals surface area contributed by atoms with Gasteiger partial charge in [-0.05, 0) is 32.4 Å². The van der Waals surface area contributed by atoms with E-state index < -0.39 is 0 Å². The van der Waals surface area contributed by atoms with Gasteiger partial charge >= 0.3 is 0 Å². The molecule has 138 valence electrons. The largest absolute Gasteiger partial charge is 0.469 e. The molecule has 7 nitrogen and oxygen atoms in total. The average Bonchev–Trinajstić information content (AvgIpc) is 2.94. The van der Waals surface area contributed by atoms with E-state index in [-0.39, 0.29) is 18.0 Å². The molecule has 2 aliphatic carbocycles. The molecule has 3 unspecified atom stereocenters. The van der Waals surface area contributed by atoms with Crippen LogP contribution in [0.1, 0.15) is 25.7 Å². The van der Waals surface area contributed by atoms with Crippen molar-refractivity contribution in [2.24, 2.45) is 13.0 Å². The Morgan fingerprint density at radius 1 is 1.23 bits per heavy atom. The van der Waals surface area contributed by atoms with Crippen LogP contribution in [0.2, 0.25) is 0 Å². The summed E-state index contributed by atoms with van der Waals surface area (Å²) >= 11 is 0. The summed E-state index contributed by atoms with van der Waals surface area (Å²) in [6.45, 7) is 0. The van der Waals surface area contributed by atoms with Gasteiger partial charge < -0.3 is 10.1 Å². The quantitative estimate of drug-likeness (QED) is 0.759. The first kappa shape index (κ1) is 17.3. The number of aryl methyl sites for hydroxylation is 1. The number of hydrogen-bond donors (Lipinski definition) is 1. The van der Waals surface area contributed by atoms with Gasteiger partial charge in [0.05, 0.1) is 24.3 Å². The molecule has 1 N–H and O–H groups in total. The van der Waals surface area contributed by atoms with E-state index in [9.17, 15) is 0 Å². The van der Waals surface area contributed by atoms with Gasteiger partial charge in [0.2, 0.25) is 5.88 Å². The summed E-state index contributed by atoms with van der Waals surface area (Å²) in [6.07, 6.45) is 12.1. The maximum Gasteiger partial charge on any atom is 0.241 e. The predicted molar refractivity (Wildman–Crippen MR) is 101 cm³/mol. The minimum absolute atomic E-state index is 0. The Kier molecular flexibility index (Phi) is 4.16. The Hall–Kier alpha value is -2.12. The molecule has 2 saturated carbocycles. The molecular weight excluding hydrogens is 352 g/mol. The number of nitrogens with one attached hydrogen (secondary N) is 1. The van der Waals surface area contributed by atoms with Crippen molar-refractivity contribution < 1.29 is 4.74 Å². The molecule has 3 atom stereocenters. The van der Waals surface area contributed by atoms with Gasteiger partial charge in [0.25, 0.3) is 0 Å². The number of rotatable bonds is 4. The maximum atomic E-state index is 6.55. The minimum Gasteiger partial charge on any atom is -0.469 e. The molecular formula is C18H23ClN6O. The lowest BCUT2D eigenvalue weighted by Crippen LogP contribution is -2.38. The standard InChI is InChI=1S/C18H22N6O.ClH/c1-19-14-4-3-13-7-18(13,8-14)25-17-16-5-6-20-24(16)11-15(22-17)12-9-21-23(2)10-12;/h5-6,9-11,13-14,19H,3-4,7-8H2,1-2H3;1H. The third-order valence-electron chi connectivity index (χ3n) is 5.70. The average molecular weight is 375 g/mol. The van der Waals surface area contributed by atoms with E-state index in [1.165, 1.54) is 12.8 Å². The van der Waals surface area contributed by atoms with E-state index in [0.717, 1.165) is 29.6 Å². The maximum absolute atomic E-state index is 6.55. The molecule has 0 aromatic carbocycles. The lowest BCUT2D eigenvalue weighted by molar-refractivity contribution is 0.108. The monoisotopic (exact) mass is 374 g/mol. The lowest BCUT2D eigenvalue weighted by atomic mass is 9.93. The summed E-state index contributed by atoms with van der Waals surface area (Å²) in [5.41, 5.74) is 2.65. The topological polar surface area (TPSA) is 69.3 Å². The molecule has 0 saturated heterocycles. The highest BCUT2D eigenvalue weighted by molar-refractivity contribution is 5.85. The van der Waals surface area contributed by atoms with Gasteiger partial charge in [0, 0.05) is 37.2 Å². The summed E-state index contributed by atoms with van der Waals surface area (Å²) in [5.74, 6) is 1.34. The van der Waals surface area contributed by atoms with Gasteiger partial charge in [-0.1, -0.05) is 0 Å². The van der Waals surface area contributed by atoms with Crippen molar-refractivity contribution in [2.45, 2.75) is 37.3 Å². The first-order valence-electron chi connectivity index (χ1n) is 8.86. The smallest absolute Gasteiger partial charge is 0.241 e. The third-order valence-corrected chi connectivity index (χ3v) is 5.70. The number of aromatic nitrogens is 5. The second-order valence-corrected chi connectivity index (χ2v) is 7.33. The number of nitrogens with zero attached hydrogens (tertiary/aromatic N) is 5. The van der Waals surface area contributed by atoms with Gasteiger partial charge in [-0.2, -0.15) is 10.2 Å². The van der Waals surface area contributed by atoms with Crippen LogP contribution >= 0.6 is 12.4 Å². The van der Waals surface area contributed by atoms with Crippen LogP contribution in [0.25, 0.3) is 16.8 Å². The molecule has 0 aliphatic heterocycles. The van der Waals surface area contributed by atoms with Crippen LogP contribution in [0.5, 0.6) is 5.88 Å². The molecule has 0 bridgehead atoms. The first-order valence-corrected chi connectivity index (χ1v) is 8.86. The molecule has 26 heavy (non-hydrogen) atoms. The van der Waals surface area contributed by atoms with E-state index in [0.29, 0.717) is 17.8 Å². The molecule has 3 heterocycles. The summed E-state index contributed by atoms with van der Waals surface area (Å²) < 4.78 is 10.2. The van der Waals surface area contributed by atoms with Crippen molar-refractivity contribution in [1.82, 2.24) is 29.7 Å². The minimum atomic E-state index is -0.0583. The predicted octanol–water partition coefficient (Wildman–Crippen LogP) is 2.46. The zero-order chi connectivity index (χ0) is 17.0. The Morgan fingerprint density at radius 3 is 2.88 bits per heavy atom. The van der Waals surface area contributed by atoms with Crippen LogP contribution in [0.3, 0.4) is 0 Å². The zero-order valence-electron chi connectivity index (χ0n) is 14.9. The molecule has 3 aromatic heterocycles. The van der Waals surface area contributed by atoms with E-state index in [1.54, 1.807) is 10.9 Å². The van der Waals surface area contributed by atoms with Gasteiger partial charge in [-0.3, -0.25) is 4.68 Å². The fraction of sp³-hybridized carbons (Fsp3) is 0.500. The molecule has 2 aliphatic rings. The van der Waals surface area contributed by atoms with Crippen molar-refractivity contribution in [3.05, 3.63) is 30.9 Å². The SMILES string of the molecule is CNC1CCC2CC2(Oc2nc(-c3cnn(C)c3)cn3nccc23)C1.Cl. The van der Waals surface area contributed by atoms with Gasteiger partial charge in [-0.25, -0.2) is 9.50 Å². The molecule has 5 rings (SSSR count). The van der Waals surface area contributed by atoms with Crippen molar-refractivity contribution in [3.63, 3.8) is 0 Å². The fourth-order valence-electron chi connectivity index (χ4n) is 4.17. The number of halogens is 1. The van der Waals surface area contributed by atoms with Crippen LogP contribution in [0, 0.1) is 5.92 Å². The highest BCUT2D eigenvalue weighted by Gasteiger charge is 2.59. The second-order valence-electron chi connectivity index (χ2n) is 7.33. The van der Waals surface area contributed by atoms with Crippen LogP contribution in [-0.2, 0) is 7.05 Å². The van der Waals surface area contributed by atoms with Gasteiger partial charge in [-0.15, -0.1) is 12.4 Å². The summed E-state index contributed by atoms with van der Waals surface area (Å²) in [4.78, 5) is 4.82. The Balaban J connectivity index is 0.00000168. The summed E-state index contributed by atoms with van der Waals surface area (Å²) in [5, 5.41) is 12.1. The Morgan fingerprint density at radius 2 is 2.12 bits per heavy atom. The lowest BCUT2D eigenvalue weighted by Gasteiger charge is -2.29. The van der Waals surface area contributed by atoms with E-state index >= 15 is 0 Å². The molecule has 3 aromatic rings. The van der Waals surface area contributed by atoms with Crippen LogP contribution < -0.4 is 10.1 Å². The van der Waals surface area contributed by atoms with Gasteiger partial charge in [0.15, 0.2) is 0 Å². The number of hydrogen-bond acceptors (Lipinski definition) is 5. The van der Waals surface area contributed by atoms with Crippen molar-refractivity contribution in [3.8, 4) is 17.1 Å². The Labute approximate surface area is 158 Å². The highest BCUT2D eigenvalue weighted by atomic mass is 35.5. The van der Waals surface area contributed by atoms with Crippen LogP contribution in [0.15, 0.2) is 30.9 Å². The van der Waals surface area contributed by atoms with E-state index in [2.05, 4.69) is 15.5 Å². The van der Waals surface area contributed by atoms with Gasteiger partial charge in [0.1, 0.15) is 11.1 Å². The second kappa shape index (κ2) is 6.25. The molecule has 2 fully saturated rings. The molecule has 0 spiro atoms. The highest BCUT2D eigenvalue weighted by Crippen LogP contribution is 2.56. The normalized spacial score (nSPS) is 27.0. The van der Waals surface area contributed by atoms with Crippen molar-refractivity contribution >= 4 is 17.9 Å². The number of ether oxygens (including phenoxy) is 1. The zero-order valence-corrected chi connectivity index (χ0v) is 15.7. The van der Waals surface area contributed by atoms with Crippen molar-refractivity contribution in [2.75, 3.05) is 7.05 Å². The molecule has 0 radical (unpaired) electrons. The first-order chi connectivity index (χ1) is 12.2. The summed E-state index contributed by atoms with van der Waals surface area (Å²) in [7, 11) is 3.94. The van der Waals surface area contributed by atoms with Crippen LogP contribution in [-0.4, -0.2) is 43.1 Å². The van der Waals surface area contributed by atoms with E-state index in [1.807, 2.05) is 43.3 Å². The third kappa shape index (κ3) is 2.75. The number of fused-ring (bicyclic) bond motifs is 2. The fourth-order valence-corrected chi connectivity index (χ4v) is 4.17. The van der Waals surface area contributed by atoms with Crippen LogP contribution in [0.4, 0.5) is 0 Å². The summed E-state index contributed by atoms with van der Waals surface area (Å²) in [6, 6.07) is 2.49. The van der Waals surface area contributed by atoms with Crippen molar-refractivity contribution in [1.29, 1.82) is 0 Å². The van der Waals surface area contributed by atoms with E-state index in [4.69, 9.17) is 9.72 Å². The molecule has 0 amide bonds. The Bertz CT molecular complexity index is 937.